The third-order valence-corrected chi connectivity index (χ3v) is 2.46. The summed E-state index contributed by atoms with van der Waals surface area (Å²) in [7, 11) is 4.04. The molecule has 0 aliphatic heterocycles. The van der Waals surface area contributed by atoms with Crippen molar-refractivity contribution in [1.82, 2.24) is 4.98 Å². The number of hydrogen-bond acceptors (Lipinski definition) is 3. The number of aromatic nitrogens is 1. The van der Waals surface area contributed by atoms with E-state index in [0.717, 1.165) is 16.9 Å². The molecule has 0 bridgehead atoms. The molecule has 0 saturated heterocycles. The summed E-state index contributed by atoms with van der Waals surface area (Å²) < 4.78 is 0. The predicted molar refractivity (Wildman–Crippen MR) is 68.4 cm³/mol. The van der Waals surface area contributed by atoms with Gasteiger partial charge >= 0.3 is 0 Å². The Bertz CT molecular complexity index is 475. The molecule has 0 aliphatic rings. The molecule has 0 atom stereocenters. The van der Waals surface area contributed by atoms with E-state index in [1.54, 1.807) is 12.3 Å². The van der Waals surface area contributed by atoms with Gasteiger partial charge in [-0.05, 0) is 24.3 Å². The zero-order chi connectivity index (χ0) is 11.5. The van der Waals surface area contributed by atoms with Crippen molar-refractivity contribution in [3.63, 3.8) is 0 Å². The highest BCUT2D eigenvalue weighted by Crippen LogP contribution is 2.21. The van der Waals surface area contributed by atoms with Crippen LogP contribution in [0.4, 0.5) is 11.4 Å². The SMILES string of the molecule is CN(C)c1ccc(-c2cc(N)ccn2)cc1. The van der Waals surface area contributed by atoms with E-state index in [1.165, 1.54) is 5.69 Å². The molecular formula is C13H15N3. The highest BCUT2D eigenvalue weighted by molar-refractivity contribution is 5.65. The number of nitrogens with two attached hydrogens (primary N) is 1. The Hall–Kier alpha value is -2.03. The van der Waals surface area contributed by atoms with E-state index < -0.39 is 0 Å². The van der Waals surface area contributed by atoms with Crippen molar-refractivity contribution in [2.75, 3.05) is 24.7 Å². The number of nitrogen functional groups attached to an aromatic ring is 1. The van der Waals surface area contributed by atoms with E-state index in [4.69, 9.17) is 5.73 Å². The number of anilines is 2. The Morgan fingerprint density at radius 3 is 2.31 bits per heavy atom. The highest BCUT2D eigenvalue weighted by Gasteiger charge is 2.00. The molecule has 0 spiro atoms. The van der Waals surface area contributed by atoms with Gasteiger partial charge < -0.3 is 10.6 Å². The van der Waals surface area contributed by atoms with E-state index >= 15 is 0 Å². The van der Waals surface area contributed by atoms with Gasteiger partial charge in [0.25, 0.3) is 0 Å². The van der Waals surface area contributed by atoms with Crippen LogP contribution >= 0.6 is 0 Å². The molecule has 2 rings (SSSR count). The van der Waals surface area contributed by atoms with Gasteiger partial charge in [-0.25, -0.2) is 0 Å². The molecule has 0 amide bonds. The zero-order valence-corrected chi connectivity index (χ0v) is 9.51. The van der Waals surface area contributed by atoms with Crippen LogP contribution in [-0.4, -0.2) is 19.1 Å². The van der Waals surface area contributed by atoms with Crippen LogP contribution < -0.4 is 10.6 Å². The van der Waals surface area contributed by atoms with E-state index in [9.17, 15) is 0 Å². The third kappa shape index (κ3) is 2.14. The quantitative estimate of drug-likeness (QED) is 0.833. The van der Waals surface area contributed by atoms with Gasteiger partial charge in [-0.1, -0.05) is 12.1 Å². The standard InChI is InChI=1S/C13H15N3/c1-16(2)12-5-3-10(4-6-12)13-9-11(14)7-8-15-13/h3-9H,1-2H3,(H2,14,15). The summed E-state index contributed by atoms with van der Waals surface area (Å²) in [5.74, 6) is 0. The van der Waals surface area contributed by atoms with Crippen LogP contribution in [0.5, 0.6) is 0 Å². The maximum Gasteiger partial charge on any atom is 0.0722 e. The van der Waals surface area contributed by atoms with Gasteiger partial charge in [-0.3, -0.25) is 4.98 Å². The summed E-state index contributed by atoms with van der Waals surface area (Å²) in [5, 5.41) is 0. The van der Waals surface area contributed by atoms with E-state index in [1.807, 2.05) is 20.2 Å². The molecule has 0 aliphatic carbocycles. The molecule has 3 nitrogen and oxygen atoms in total. The lowest BCUT2D eigenvalue weighted by atomic mass is 10.1. The molecule has 2 aromatic rings. The van der Waals surface area contributed by atoms with Crippen molar-refractivity contribution >= 4 is 11.4 Å². The summed E-state index contributed by atoms with van der Waals surface area (Å²) in [6.45, 7) is 0. The van der Waals surface area contributed by atoms with Gasteiger partial charge in [-0.15, -0.1) is 0 Å². The Balaban J connectivity index is 2.35. The average molecular weight is 213 g/mol. The molecule has 0 fully saturated rings. The van der Waals surface area contributed by atoms with Crippen LogP contribution in [0.3, 0.4) is 0 Å². The Kier molecular flexibility index (Phi) is 2.77. The fraction of sp³-hybridized carbons (Fsp3) is 0.154. The molecule has 2 N–H and O–H groups in total. The van der Waals surface area contributed by atoms with Crippen molar-refractivity contribution in [2.45, 2.75) is 0 Å². The van der Waals surface area contributed by atoms with Gasteiger partial charge in [0.15, 0.2) is 0 Å². The van der Waals surface area contributed by atoms with E-state index in [2.05, 4.69) is 34.1 Å². The second-order valence-corrected chi connectivity index (χ2v) is 3.92. The first kappa shape index (κ1) is 10.5. The van der Waals surface area contributed by atoms with Crippen LogP contribution in [0.2, 0.25) is 0 Å². The smallest absolute Gasteiger partial charge is 0.0722 e. The molecule has 0 saturated carbocycles. The molecule has 1 aromatic heterocycles. The summed E-state index contributed by atoms with van der Waals surface area (Å²) in [6.07, 6.45) is 1.73. The molecule has 1 aromatic carbocycles. The lowest BCUT2D eigenvalue weighted by molar-refractivity contribution is 1.13. The average Bonchev–Trinajstić information content (AvgIpc) is 2.29. The zero-order valence-electron chi connectivity index (χ0n) is 9.51. The lowest BCUT2D eigenvalue weighted by Gasteiger charge is -2.12. The summed E-state index contributed by atoms with van der Waals surface area (Å²) in [6, 6.07) is 11.9. The van der Waals surface area contributed by atoms with Crippen LogP contribution in [0.1, 0.15) is 0 Å². The second-order valence-electron chi connectivity index (χ2n) is 3.92. The molecule has 3 heteroatoms. The van der Waals surface area contributed by atoms with Crippen LogP contribution in [0.15, 0.2) is 42.6 Å². The van der Waals surface area contributed by atoms with Gasteiger partial charge in [0.05, 0.1) is 5.69 Å². The number of nitrogens with zero attached hydrogens (tertiary/aromatic N) is 2. The second kappa shape index (κ2) is 4.23. The lowest BCUT2D eigenvalue weighted by Crippen LogP contribution is -2.07. The fourth-order valence-electron chi connectivity index (χ4n) is 1.54. The summed E-state index contributed by atoms with van der Waals surface area (Å²) >= 11 is 0. The van der Waals surface area contributed by atoms with E-state index in [-0.39, 0.29) is 0 Å². The van der Waals surface area contributed by atoms with Gasteiger partial charge in [0, 0.05) is 37.2 Å². The molecular weight excluding hydrogens is 198 g/mol. The number of pyridine rings is 1. The van der Waals surface area contributed by atoms with Crippen molar-refractivity contribution < 1.29 is 0 Å². The molecule has 0 radical (unpaired) electrons. The van der Waals surface area contributed by atoms with Crippen LogP contribution in [0.25, 0.3) is 11.3 Å². The van der Waals surface area contributed by atoms with Gasteiger partial charge in [0.1, 0.15) is 0 Å². The largest absolute Gasteiger partial charge is 0.399 e. The Labute approximate surface area is 95.5 Å². The van der Waals surface area contributed by atoms with Crippen molar-refractivity contribution in [3.05, 3.63) is 42.6 Å². The predicted octanol–water partition coefficient (Wildman–Crippen LogP) is 2.40. The van der Waals surface area contributed by atoms with Crippen LogP contribution in [-0.2, 0) is 0 Å². The van der Waals surface area contributed by atoms with Gasteiger partial charge in [-0.2, -0.15) is 0 Å². The van der Waals surface area contributed by atoms with Crippen molar-refractivity contribution in [2.24, 2.45) is 0 Å². The topological polar surface area (TPSA) is 42.1 Å². The Morgan fingerprint density at radius 1 is 1.06 bits per heavy atom. The minimum atomic E-state index is 0.738. The monoisotopic (exact) mass is 213 g/mol. The molecule has 16 heavy (non-hydrogen) atoms. The molecule has 1 heterocycles. The van der Waals surface area contributed by atoms with Crippen molar-refractivity contribution in [3.8, 4) is 11.3 Å². The first-order chi connectivity index (χ1) is 7.66. The van der Waals surface area contributed by atoms with E-state index in [0.29, 0.717) is 0 Å². The third-order valence-electron chi connectivity index (χ3n) is 2.46. The van der Waals surface area contributed by atoms with Gasteiger partial charge in [0.2, 0.25) is 0 Å². The Morgan fingerprint density at radius 2 is 1.75 bits per heavy atom. The molecule has 82 valence electrons. The summed E-state index contributed by atoms with van der Waals surface area (Å²) in [5.41, 5.74) is 9.63. The summed E-state index contributed by atoms with van der Waals surface area (Å²) in [4.78, 5) is 6.36. The number of benzene rings is 1. The van der Waals surface area contributed by atoms with Crippen LogP contribution in [0, 0.1) is 0 Å². The maximum atomic E-state index is 5.73. The number of rotatable bonds is 2. The minimum absolute atomic E-state index is 0.738. The molecule has 0 unspecified atom stereocenters. The first-order valence-electron chi connectivity index (χ1n) is 5.16. The minimum Gasteiger partial charge on any atom is -0.399 e. The van der Waals surface area contributed by atoms with Crippen molar-refractivity contribution in [1.29, 1.82) is 0 Å². The first-order valence-corrected chi connectivity index (χ1v) is 5.16. The maximum absolute atomic E-state index is 5.73. The highest BCUT2D eigenvalue weighted by atomic mass is 15.1. The number of hydrogen-bond donors (Lipinski definition) is 1. The normalized spacial score (nSPS) is 10.1. The fourth-order valence-corrected chi connectivity index (χ4v) is 1.54.